The zero-order valence-electron chi connectivity index (χ0n) is 19.0. The third-order valence-electron chi connectivity index (χ3n) is 5.59. The number of thiophene rings is 1. The van der Waals surface area contributed by atoms with Crippen molar-refractivity contribution in [1.82, 2.24) is 14.5 Å². The summed E-state index contributed by atoms with van der Waals surface area (Å²) in [7, 11) is 0. The first-order valence-corrected chi connectivity index (χ1v) is 11.7. The molecule has 3 aromatic rings. The first-order chi connectivity index (χ1) is 14.9. The number of hydrogen-bond acceptors (Lipinski definition) is 6. The molecule has 0 atom stereocenters. The van der Waals surface area contributed by atoms with E-state index in [9.17, 15) is 9.59 Å². The van der Waals surface area contributed by atoms with Crippen LogP contribution in [0.5, 0.6) is 0 Å². The Morgan fingerprint density at radius 2 is 1.81 bits per heavy atom. The van der Waals surface area contributed by atoms with Crippen molar-refractivity contribution in [2.24, 2.45) is 0 Å². The fourth-order valence-corrected chi connectivity index (χ4v) is 4.55. The van der Waals surface area contributed by atoms with Crippen molar-refractivity contribution in [3.05, 3.63) is 62.0 Å². The molecule has 0 fully saturated rings. The summed E-state index contributed by atoms with van der Waals surface area (Å²) < 4.78 is 6.98. The third-order valence-corrected chi connectivity index (χ3v) is 6.70. The number of esters is 1. The van der Waals surface area contributed by atoms with Crippen LogP contribution in [0.15, 0.2) is 29.1 Å². The van der Waals surface area contributed by atoms with Gasteiger partial charge in [-0.15, -0.1) is 11.3 Å². The Hall–Kier alpha value is -2.51. The lowest BCUT2D eigenvalue weighted by Gasteiger charge is -2.20. The fourth-order valence-electron chi connectivity index (χ4n) is 3.51. The molecule has 0 unspecified atom stereocenters. The molecule has 0 aliphatic carbocycles. The quantitative estimate of drug-likeness (QED) is 0.457. The Labute approximate surface area is 187 Å². The highest BCUT2D eigenvalue weighted by atomic mass is 32.1. The van der Waals surface area contributed by atoms with Gasteiger partial charge in [0.2, 0.25) is 0 Å². The van der Waals surface area contributed by atoms with Gasteiger partial charge in [-0.05, 0) is 56.6 Å². The minimum atomic E-state index is -0.319. The lowest BCUT2D eigenvalue weighted by atomic mass is 10.1. The van der Waals surface area contributed by atoms with Crippen molar-refractivity contribution >= 4 is 27.5 Å². The summed E-state index contributed by atoms with van der Waals surface area (Å²) in [6.07, 6.45) is 0.791. The van der Waals surface area contributed by atoms with Crippen LogP contribution in [-0.2, 0) is 17.8 Å². The zero-order chi connectivity index (χ0) is 22.5. The average molecular weight is 442 g/mol. The molecular formula is C24H31N3O3S. The Kier molecular flexibility index (Phi) is 7.62. The van der Waals surface area contributed by atoms with Crippen LogP contribution in [0.25, 0.3) is 10.2 Å². The molecular weight excluding hydrogens is 410 g/mol. The Bertz CT molecular complexity index is 1110. The number of aryl methyl sites for hydroxylation is 2. The maximum absolute atomic E-state index is 13.5. The van der Waals surface area contributed by atoms with Gasteiger partial charge in [-0.1, -0.05) is 32.9 Å². The lowest BCUT2D eigenvalue weighted by molar-refractivity contribution is 0.0505. The van der Waals surface area contributed by atoms with E-state index in [1.54, 1.807) is 28.0 Å². The number of carbonyl (C=O) groups is 1. The lowest BCUT2D eigenvalue weighted by Crippen LogP contribution is -2.31. The van der Waals surface area contributed by atoms with E-state index >= 15 is 0 Å². The molecule has 0 saturated heterocycles. The van der Waals surface area contributed by atoms with E-state index in [0.29, 0.717) is 30.6 Å². The standard InChI is InChI=1S/C24H31N3O3S/c1-6-13-30-24(29)19-11-9-18(10-12-19)14-27-20(15-26(7-2)8-3)25-22-21(23(27)28)16(4)17(5)31-22/h9-12H,6-8,13-15H2,1-5H3. The smallest absolute Gasteiger partial charge is 0.338 e. The summed E-state index contributed by atoms with van der Waals surface area (Å²) >= 11 is 1.58. The molecule has 6 nitrogen and oxygen atoms in total. The number of ether oxygens (including phenoxy) is 1. The van der Waals surface area contributed by atoms with E-state index in [1.807, 2.05) is 32.9 Å². The molecule has 0 saturated carbocycles. The predicted molar refractivity (Wildman–Crippen MR) is 126 cm³/mol. The summed E-state index contributed by atoms with van der Waals surface area (Å²) in [5.41, 5.74) is 2.47. The van der Waals surface area contributed by atoms with Crippen LogP contribution in [0.3, 0.4) is 0 Å². The molecule has 1 aromatic carbocycles. The normalized spacial score (nSPS) is 11.4. The SMILES string of the molecule is CCCOC(=O)c1ccc(Cn2c(CN(CC)CC)nc3sc(C)c(C)c3c2=O)cc1. The summed E-state index contributed by atoms with van der Waals surface area (Å²) in [4.78, 5) is 34.6. The van der Waals surface area contributed by atoms with E-state index in [2.05, 4.69) is 18.7 Å². The topological polar surface area (TPSA) is 64.4 Å². The Morgan fingerprint density at radius 1 is 1.13 bits per heavy atom. The average Bonchev–Trinajstić information content (AvgIpc) is 3.06. The van der Waals surface area contributed by atoms with Crippen molar-refractivity contribution in [2.45, 2.75) is 54.1 Å². The Morgan fingerprint density at radius 3 is 2.42 bits per heavy atom. The molecule has 2 aromatic heterocycles. The van der Waals surface area contributed by atoms with Gasteiger partial charge in [-0.2, -0.15) is 0 Å². The van der Waals surface area contributed by atoms with Gasteiger partial charge >= 0.3 is 5.97 Å². The van der Waals surface area contributed by atoms with Crippen LogP contribution in [0.2, 0.25) is 0 Å². The zero-order valence-corrected chi connectivity index (χ0v) is 19.8. The number of nitrogens with zero attached hydrogens (tertiary/aromatic N) is 3. The van der Waals surface area contributed by atoms with E-state index in [1.165, 1.54) is 0 Å². The van der Waals surface area contributed by atoms with E-state index in [0.717, 1.165) is 46.2 Å². The molecule has 31 heavy (non-hydrogen) atoms. The van der Waals surface area contributed by atoms with Crippen molar-refractivity contribution < 1.29 is 9.53 Å². The van der Waals surface area contributed by atoms with Gasteiger partial charge in [-0.25, -0.2) is 9.78 Å². The number of fused-ring (bicyclic) bond motifs is 1. The summed E-state index contributed by atoms with van der Waals surface area (Å²) in [5.74, 6) is 0.453. The minimum Gasteiger partial charge on any atom is -0.462 e. The molecule has 0 N–H and O–H groups in total. The first kappa shape index (κ1) is 23.2. The monoisotopic (exact) mass is 441 g/mol. The molecule has 2 heterocycles. The van der Waals surface area contributed by atoms with Crippen LogP contribution in [0.4, 0.5) is 0 Å². The van der Waals surface area contributed by atoms with Gasteiger partial charge in [0.1, 0.15) is 10.7 Å². The van der Waals surface area contributed by atoms with Crippen LogP contribution < -0.4 is 5.56 Å². The molecule has 0 radical (unpaired) electrons. The van der Waals surface area contributed by atoms with Gasteiger partial charge in [0.25, 0.3) is 5.56 Å². The summed E-state index contributed by atoms with van der Waals surface area (Å²) in [5, 5.41) is 0.713. The largest absolute Gasteiger partial charge is 0.462 e. The Balaban J connectivity index is 1.99. The minimum absolute atomic E-state index is 0.000406. The highest BCUT2D eigenvalue weighted by Gasteiger charge is 2.18. The number of benzene rings is 1. The van der Waals surface area contributed by atoms with E-state index in [-0.39, 0.29) is 11.5 Å². The second kappa shape index (κ2) is 10.2. The number of hydrogen-bond donors (Lipinski definition) is 0. The molecule has 0 spiro atoms. The third kappa shape index (κ3) is 5.05. The van der Waals surface area contributed by atoms with Gasteiger partial charge in [0.05, 0.1) is 30.6 Å². The molecule has 0 aliphatic heterocycles. The van der Waals surface area contributed by atoms with Crippen molar-refractivity contribution in [3.8, 4) is 0 Å². The van der Waals surface area contributed by atoms with E-state index < -0.39 is 0 Å². The maximum atomic E-state index is 13.5. The molecule has 0 bridgehead atoms. The van der Waals surface area contributed by atoms with E-state index in [4.69, 9.17) is 9.72 Å². The van der Waals surface area contributed by atoms with Crippen LogP contribution >= 0.6 is 11.3 Å². The van der Waals surface area contributed by atoms with Crippen LogP contribution in [0, 0.1) is 13.8 Å². The number of aromatic nitrogens is 2. The van der Waals surface area contributed by atoms with Gasteiger partial charge < -0.3 is 4.74 Å². The highest BCUT2D eigenvalue weighted by Crippen LogP contribution is 2.26. The predicted octanol–water partition coefficient (Wildman–Crippen LogP) is 4.53. The van der Waals surface area contributed by atoms with Crippen molar-refractivity contribution in [1.29, 1.82) is 0 Å². The van der Waals surface area contributed by atoms with Crippen LogP contribution in [-0.4, -0.2) is 40.1 Å². The van der Waals surface area contributed by atoms with Crippen LogP contribution in [0.1, 0.15) is 59.4 Å². The fraction of sp³-hybridized carbons (Fsp3) is 0.458. The molecule has 0 amide bonds. The second-order valence-corrected chi connectivity index (χ2v) is 8.88. The first-order valence-electron chi connectivity index (χ1n) is 10.9. The highest BCUT2D eigenvalue weighted by molar-refractivity contribution is 7.18. The van der Waals surface area contributed by atoms with Crippen molar-refractivity contribution in [2.75, 3.05) is 19.7 Å². The molecule has 166 valence electrons. The van der Waals surface area contributed by atoms with Crippen molar-refractivity contribution in [3.63, 3.8) is 0 Å². The maximum Gasteiger partial charge on any atom is 0.338 e. The number of rotatable bonds is 9. The summed E-state index contributed by atoms with van der Waals surface area (Å²) in [6.45, 7) is 13.4. The van der Waals surface area contributed by atoms with Gasteiger partial charge in [0, 0.05) is 4.88 Å². The molecule has 7 heteroatoms. The van der Waals surface area contributed by atoms with Gasteiger partial charge in [-0.3, -0.25) is 14.3 Å². The molecule has 3 rings (SSSR count). The summed E-state index contributed by atoms with van der Waals surface area (Å²) in [6, 6.07) is 7.28. The molecule has 0 aliphatic rings. The second-order valence-electron chi connectivity index (χ2n) is 7.68. The number of carbonyl (C=O) groups excluding carboxylic acids is 1. The van der Waals surface area contributed by atoms with Gasteiger partial charge in [0.15, 0.2) is 0 Å².